The van der Waals surface area contributed by atoms with Crippen molar-refractivity contribution in [3.63, 3.8) is 0 Å². The normalized spacial score (nSPS) is 11.5. The Kier molecular flexibility index (Phi) is 13.5. The van der Waals surface area contributed by atoms with E-state index in [1.54, 1.807) is 0 Å². The van der Waals surface area contributed by atoms with Crippen LogP contribution in [-0.2, 0) is 0 Å². The van der Waals surface area contributed by atoms with Crippen LogP contribution in [0.1, 0.15) is 0 Å². The Morgan fingerprint density at radius 1 is 0.174 bits per heavy atom. The summed E-state index contributed by atoms with van der Waals surface area (Å²) in [6.45, 7) is 0. The molecule has 15 aromatic carbocycles. The van der Waals surface area contributed by atoms with E-state index in [1.807, 2.05) is 0 Å². The highest BCUT2D eigenvalue weighted by molar-refractivity contribution is 6.23. The SMILES string of the molecule is c1ccc(-c2cc(-c3ccccc3)cc(-c3c4ccc(-c5ccc(-c6nc7ccccc7n6-c6ccccc6)cc5)cc4c(-c4cc(-c5ccccc5)cc(-c5ccccc5)c4)c4ccc(-c5ccc(-c6nc7ccccc7n6-c6ccccc6)cc5)cc34)c2)cc1. The first-order valence-electron chi connectivity index (χ1n) is 31.4. The standard InChI is InChI=1S/C88H58N4/c1-7-23-59(24-8-1)69-51-70(60-25-9-2-10-26-60)54-73(53-69)85-77-49-47-68(64-41-45-66(46-42-64)88-90-82-36-20-22-38-84(82)92(88)76-33-17-6-18-34-76)58-80(77)86(74-55-71(61-27-11-3-12-28-61)52-72(56-74)62-29-13-4-14-30-62)78-50-48-67(57-79(78)85)63-39-43-65(44-40-63)87-89-81-35-19-21-37-83(81)91(87)75-31-15-5-16-32-75/h1-58H. The first-order chi connectivity index (χ1) is 45.6. The lowest BCUT2D eigenvalue weighted by molar-refractivity contribution is 1.10. The Balaban J connectivity index is 0.919. The molecular formula is C88H58N4. The smallest absolute Gasteiger partial charge is 0.145 e. The van der Waals surface area contributed by atoms with Gasteiger partial charge in [0.05, 0.1) is 22.1 Å². The minimum atomic E-state index is 0.903. The molecule has 0 aliphatic heterocycles. The van der Waals surface area contributed by atoms with Crippen molar-refractivity contribution in [3.05, 3.63) is 352 Å². The maximum absolute atomic E-state index is 5.25. The summed E-state index contributed by atoms with van der Waals surface area (Å²) in [5.74, 6) is 1.81. The van der Waals surface area contributed by atoms with Crippen molar-refractivity contribution in [2.24, 2.45) is 0 Å². The Morgan fingerprint density at radius 2 is 0.435 bits per heavy atom. The maximum atomic E-state index is 5.25. The fourth-order valence-corrected chi connectivity index (χ4v) is 13.7. The minimum Gasteiger partial charge on any atom is -0.292 e. The molecular weight excluding hydrogens is 1110 g/mol. The zero-order valence-electron chi connectivity index (χ0n) is 50.3. The molecule has 2 heterocycles. The van der Waals surface area contributed by atoms with E-state index >= 15 is 0 Å². The molecule has 0 spiro atoms. The summed E-state index contributed by atoms with van der Waals surface area (Å²) in [7, 11) is 0. The second-order valence-electron chi connectivity index (χ2n) is 23.7. The summed E-state index contributed by atoms with van der Waals surface area (Å²) >= 11 is 0. The number of fused-ring (bicyclic) bond motifs is 4. The van der Waals surface area contributed by atoms with Gasteiger partial charge in [-0.3, -0.25) is 9.13 Å². The predicted octanol–water partition coefficient (Wildman–Crippen LogP) is 23.3. The van der Waals surface area contributed by atoms with Crippen LogP contribution < -0.4 is 0 Å². The van der Waals surface area contributed by atoms with Crippen LogP contribution in [0.15, 0.2) is 352 Å². The van der Waals surface area contributed by atoms with Crippen LogP contribution in [0.25, 0.3) is 167 Å². The lowest BCUT2D eigenvalue weighted by Crippen LogP contribution is -1.97. The first kappa shape index (κ1) is 54.0. The lowest BCUT2D eigenvalue weighted by Gasteiger charge is -2.22. The van der Waals surface area contributed by atoms with E-state index in [1.165, 1.54) is 11.1 Å². The summed E-state index contributed by atoms with van der Waals surface area (Å²) in [4.78, 5) is 10.5. The Bertz CT molecular complexity index is 5100. The molecule has 0 saturated carbocycles. The van der Waals surface area contributed by atoms with Gasteiger partial charge in [0.15, 0.2) is 0 Å². The molecule has 2 aromatic heterocycles. The third-order valence-electron chi connectivity index (χ3n) is 18.1. The van der Waals surface area contributed by atoms with Crippen LogP contribution in [0, 0.1) is 0 Å². The van der Waals surface area contributed by atoms with Gasteiger partial charge in [0.1, 0.15) is 11.6 Å². The van der Waals surface area contributed by atoms with Gasteiger partial charge in [0, 0.05) is 22.5 Å². The average Bonchev–Trinajstić information content (AvgIpc) is 0.951. The molecule has 17 aromatic rings. The molecule has 0 bridgehead atoms. The molecule has 430 valence electrons. The van der Waals surface area contributed by atoms with E-state index in [4.69, 9.17) is 9.97 Å². The molecule has 0 amide bonds. The third-order valence-corrected chi connectivity index (χ3v) is 18.1. The second-order valence-corrected chi connectivity index (χ2v) is 23.7. The highest BCUT2D eigenvalue weighted by Gasteiger charge is 2.23. The second kappa shape index (κ2) is 23.0. The predicted molar refractivity (Wildman–Crippen MR) is 385 cm³/mol. The van der Waals surface area contributed by atoms with Gasteiger partial charge in [-0.25, -0.2) is 9.97 Å². The van der Waals surface area contributed by atoms with Crippen LogP contribution >= 0.6 is 0 Å². The molecule has 0 radical (unpaired) electrons. The van der Waals surface area contributed by atoms with E-state index in [2.05, 4.69) is 361 Å². The highest BCUT2D eigenvalue weighted by Crippen LogP contribution is 2.49. The summed E-state index contributed by atoms with van der Waals surface area (Å²) in [5.41, 5.74) is 26.6. The molecule has 0 aliphatic carbocycles. The van der Waals surface area contributed by atoms with E-state index in [9.17, 15) is 0 Å². The largest absolute Gasteiger partial charge is 0.292 e. The van der Waals surface area contributed by atoms with E-state index in [-0.39, 0.29) is 0 Å². The van der Waals surface area contributed by atoms with E-state index < -0.39 is 0 Å². The van der Waals surface area contributed by atoms with Gasteiger partial charge in [0.25, 0.3) is 0 Å². The first-order valence-corrected chi connectivity index (χ1v) is 31.4. The molecule has 4 nitrogen and oxygen atoms in total. The van der Waals surface area contributed by atoms with E-state index in [0.717, 1.165) is 156 Å². The minimum absolute atomic E-state index is 0.903. The number of hydrogen-bond donors (Lipinski definition) is 0. The van der Waals surface area contributed by atoms with Crippen molar-refractivity contribution in [1.29, 1.82) is 0 Å². The van der Waals surface area contributed by atoms with Crippen LogP contribution in [0.3, 0.4) is 0 Å². The summed E-state index contributed by atoms with van der Waals surface area (Å²) < 4.78 is 4.54. The molecule has 17 rings (SSSR count). The van der Waals surface area contributed by atoms with Crippen LogP contribution in [-0.4, -0.2) is 19.1 Å². The zero-order chi connectivity index (χ0) is 60.9. The van der Waals surface area contributed by atoms with Crippen molar-refractivity contribution >= 4 is 43.6 Å². The van der Waals surface area contributed by atoms with Gasteiger partial charge in [-0.1, -0.05) is 255 Å². The van der Waals surface area contributed by atoms with Crippen molar-refractivity contribution in [2.75, 3.05) is 0 Å². The quantitative estimate of drug-likeness (QED) is 0.114. The third kappa shape index (κ3) is 9.84. The number of para-hydroxylation sites is 6. The van der Waals surface area contributed by atoms with E-state index in [0.29, 0.717) is 0 Å². The number of nitrogens with zero attached hydrogens (tertiary/aromatic N) is 4. The van der Waals surface area contributed by atoms with Gasteiger partial charge < -0.3 is 0 Å². The topological polar surface area (TPSA) is 35.6 Å². The van der Waals surface area contributed by atoms with Gasteiger partial charge in [0.2, 0.25) is 0 Å². The van der Waals surface area contributed by atoms with Crippen LogP contribution in [0.5, 0.6) is 0 Å². The summed E-state index contributed by atoms with van der Waals surface area (Å²) in [5, 5.41) is 4.64. The molecule has 4 heteroatoms. The van der Waals surface area contributed by atoms with Gasteiger partial charge in [-0.15, -0.1) is 0 Å². The number of rotatable bonds is 12. The molecule has 0 aliphatic rings. The molecule has 92 heavy (non-hydrogen) atoms. The van der Waals surface area contributed by atoms with Gasteiger partial charge in [-0.2, -0.15) is 0 Å². The fraction of sp³-hybridized carbons (Fsp3) is 0. The Hall–Kier alpha value is -12.2. The fourth-order valence-electron chi connectivity index (χ4n) is 13.7. The Labute approximate surface area is 534 Å². The highest BCUT2D eigenvalue weighted by atomic mass is 15.1. The van der Waals surface area contributed by atoms with Gasteiger partial charge in [-0.05, 0) is 208 Å². The number of benzene rings is 15. The summed E-state index contributed by atoms with van der Waals surface area (Å²) in [6.07, 6.45) is 0. The Morgan fingerprint density at radius 3 is 0.772 bits per heavy atom. The number of aromatic nitrogens is 4. The maximum Gasteiger partial charge on any atom is 0.145 e. The molecule has 0 N–H and O–H groups in total. The monoisotopic (exact) mass is 1170 g/mol. The van der Waals surface area contributed by atoms with Crippen molar-refractivity contribution in [2.45, 2.75) is 0 Å². The molecule has 0 unspecified atom stereocenters. The van der Waals surface area contributed by atoms with Crippen molar-refractivity contribution < 1.29 is 0 Å². The number of imidazole rings is 2. The van der Waals surface area contributed by atoms with Gasteiger partial charge >= 0.3 is 0 Å². The van der Waals surface area contributed by atoms with Crippen LogP contribution in [0.2, 0.25) is 0 Å². The molecule has 0 saturated heterocycles. The number of hydrogen-bond acceptors (Lipinski definition) is 2. The van der Waals surface area contributed by atoms with Crippen molar-refractivity contribution in [1.82, 2.24) is 19.1 Å². The molecule has 0 fully saturated rings. The molecule has 0 atom stereocenters. The van der Waals surface area contributed by atoms with Crippen molar-refractivity contribution in [3.8, 4) is 123 Å². The zero-order valence-corrected chi connectivity index (χ0v) is 50.3. The average molecular weight is 1170 g/mol. The van der Waals surface area contributed by atoms with Crippen LogP contribution in [0.4, 0.5) is 0 Å². The summed E-state index contributed by atoms with van der Waals surface area (Å²) in [6, 6.07) is 128. The lowest BCUT2D eigenvalue weighted by atomic mass is 9.82.